The van der Waals surface area contributed by atoms with Crippen molar-refractivity contribution in [3.63, 3.8) is 0 Å². The molecule has 0 aliphatic carbocycles. The van der Waals surface area contributed by atoms with Crippen LogP contribution in [-0.4, -0.2) is 83.5 Å². The number of ether oxygens (including phenoxy) is 4. The molecule has 2 aromatic rings. The van der Waals surface area contributed by atoms with Crippen LogP contribution in [0.2, 0.25) is 0 Å². The lowest BCUT2D eigenvalue weighted by atomic mass is 10.0. The summed E-state index contributed by atoms with van der Waals surface area (Å²) in [6.07, 6.45) is -1.12. The van der Waals surface area contributed by atoms with Gasteiger partial charge in [-0.3, -0.25) is 14.4 Å². The van der Waals surface area contributed by atoms with E-state index in [1.165, 1.54) is 20.1 Å². The fourth-order valence-electron chi connectivity index (χ4n) is 5.09. The van der Waals surface area contributed by atoms with Gasteiger partial charge < -0.3 is 29.6 Å². The number of aryl methyl sites for hydroxylation is 2. The summed E-state index contributed by atoms with van der Waals surface area (Å²) in [5.41, 5.74) is 0.316. The highest BCUT2D eigenvalue weighted by molar-refractivity contribution is 6.07. The molecule has 0 aromatic heterocycles. The summed E-state index contributed by atoms with van der Waals surface area (Å²) in [6, 6.07) is 8.70. The molecule has 14 nitrogen and oxygen atoms in total. The number of imide groups is 1. The highest BCUT2D eigenvalue weighted by Gasteiger charge is 2.42. The maximum atomic E-state index is 14.3. The van der Waals surface area contributed by atoms with E-state index in [1.807, 2.05) is 19.9 Å². The summed E-state index contributed by atoms with van der Waals surface area (Å²) in [5.74, 6) is -2.30. The lowest BCUT2D eigenvalue weighted by Gasteiger charge is -2.41. The first-order chi connectivity index (χ1) is 23.7. The fraction of sp³-hybridized carbons (Fsp3) is 0.514. The van der Waals surface area contributed by atoms with Crippen molar-refractivity contribution < 1.29 is 47.7 Å². The van der Waals surface area contributed by atoms with Crippen molar-refractivity contribution >= 4 is 35.9 Å². The smallest absolute Gasteiger partial charge is 0.439 e. The van der Waals surface area contributed by atoms with E-state index in [0.29, 0.717) is 35.7 Å². The van der Waals surface area contributed by atoms with Crippen LogP contribution in [0.5, 0.6) is 5.75 Å². The van der Waals surface area contributed by atoms with E-state index in [9.17, 15) is 28.8 Å². The molecule has 2 rings (SSSR count). The molecule has 0 aliphatic heterocycles. The molecule has 0 aliphatic rings. The molecule has 1 unspecified atom stereocenters. The molecule has 0 fully saturated rings. The Morgan fingerprint density at radius 2 is 1.47 bits per heavy atom. The molecule has 2 aromatic carbocycles. The van der Waals surface area contributed by atoms with Gasteiger partial charge in [-0.2, -0.15) is 0 Å². The van der Waals surface area contributed by atoms with Crippen molar-refractivity contribution in [3.8, 4) is 5.75 Å². The lowest BCUT2D eigenvalue weighted by molar-refractivity contribution is -0.156. The largest absolute Gasteiger partial charge is 0.496 e. The van der Waals surface area contributed by atoms with Gasteiger partial charge in [-0.25, -0.2) is 19.4 Å². The molecule has 0 spiro atoms. The molecular weight excluding hydrogens is 660 g/mol. The number of nitrogens with one attached hydrogen (secondary N) is 2. The van der Waals surface area contributed by atoms with Gasteiger partial charge in [0.05, 0.1) is 12.6 Å². The molecule has 1 atom stereocenters. The summed E-state index contributed by atoms with van der Waals surface area (Å²) in [7, 11) is 1.44. The van der Waals surface area contributed by atoms with E-state index in [0.717, 1.165) is 16.1 Å². The minimum absolute atomic E-state index is 0.0617. The Morgan fingerprint density at radius 3 is 2.02 bits per heavy atom. The van der Waals surface area contributed by atoms with Crippen LogP contribution in [0.3, 0.4) is 0 Å². The van der Waals surface area contributed by atoms with Crippen LogP contribution in [0, 0.1) is 20.8 Å². The molecule has 0 saturated carbocycles. The van der Waals surface area contributed by atoms with Crippen LogP contribution >= 0.6 is 0 Å². The van der Waals surface area contributed by atoms with Gasteiger partial charge in [0, 0.05) is 30.2 Å². The fourth-order valence-corrected chi connectivity index (χ4v) is 5.09. The first-order valence-electron chi connectivity index (χ1n) is 16.6. The van der Waals surface area contributed by atoms with E-state index in [2.05, 4.69) is 10.6 Å². The van der Waals surface area contributed by atoms with E-state index >= 15 is 0 Å². The Hall–Kier alpha value is -5.14. The van der Waals surface area contributed by atoms with Crippen LogP contribution in [0.1, 0.15) is 105 Å². The number of unbranched alkanes of at least 4 members (excludes halogenated alkanes) is 1. The Kier molecular flexibility index (Phi) is 15.0. The monoisotopic (exact) mass is 712 g/mol. The minimum Gasteiger partial charge on any atom is -0.496 e. The summed E-state index contributed by atoms with van der Waals surface area (Å²) < 4.78 is 21.3. The van der Waals surface area contributed by atoms with Gasteiger partial charge in [-0.1, -0.05) is 23.3 Å². The number of amides is 5. The molecule has 51 heavy (non-hydrogen) atoms. The van der Waals surface area contributed by atoms with Crippen molar-refractivity contribution in [3.05, 3.63) is 64.2 Å². The van der Waals surface area contributed by atoms with Crippen molar-refractivity contribution in [1.29, 1.82) is 0 Å². The normalized spacial score (nSPS) is 11.8. The number of hydrogen-bond donors (Lipinski definition) is 2. The highest BCUT2D eigenvalue weighted by Crippen LogP contribution is 2.28. The second kappa shape index (κ2) is 18.2. The SMILES string of the molecule is COc1cccc(C(=O)N(C(=O)OCOC(=O)C(CCCCNC(C)=O)NC(=O)OC(C)(C)C)N(C(=O)c2cc(C)cc(C)c2)C(C)(C)C)c1C. The Labute approximate surface area is 300 Å². The maximum absolute atomic E-state index is 14.3. The highest BCUT2D eigenvalue weighted by atomic mass is 16.7. The second-order valence-electron chi connectivity index (χ2n) is 14.1. The van der Waals surface area contributed by atoms with Crippen molar-refractivity contribution in [1.82, 2.24) is 20.7 Å². The van der Waals surface area contributed by atoms with Crippen molar-refractivity contribution in [2.24, 2.45) is 0 Å². The number of hydrogen-bond acceptors (Lipinski definition) is 10. The van der Waals surface area contributed by atoms with Crippen molar-refractivity contribution in [2.75, 3.05) is 20.4 Å². The lowest BCUT2D eigenvalue weighted by Crippen LogP contribution is -2.60. The first kappa shape index (κ1) is 42.0. The van der Waals surface area contributed by atoms with E-state index < -0.39 is 53.9 Å². The van der Waals surface area contributed by atoms with Gasteiger partial charge in [-0.05, 0) is 106 Å². The topological polar surface area (TPSA) is 170 Å². The average molecular weight is 713 g/mol. The zero-order chi connectivity index (χ0) is 38.7. The number of nitrogens with zero attached hydrogens (tertiary/aromatic N) is 2. The van der Waals surface area contributed by atoms with E-state index in [1.54, 1.807) is 72.7 Å². The number of esters is 1. The number of hydrazine groups is 1. The molecule has 5 amide bonds. The average Bonchev–Trinajstić information content (AvgIpc) is 3.00. The second-order valence-corrected chi connectivity index (χ2v) is 14.1. The predicted molar refractivity (Wildman–Crippen MR) is 189 cm³/mol. The Bertz CT molecular complexity index is 1570. The zero-order valence-electron chi connectivity index (χ0n) is 31.6. The third-order valence-corrected chi connectivity index (χ3v) is 7.25. The molecule has 0 radical (unpaired) electrons. The van der Waals surface area contributed by atoms with Crippen LogP contribution in [0.4, 0.5) is 9.59 Å². The first-order valence-corrected chi connectivity index (χ1v) is 16.6. The van der Waals surface area contributed by atoms with Crippen LogP contribution in [0.25, 0.3) is 0 Å². The quantitative estimate of drug-likeness (QED) is 0.119. The molecule has 14 heteroatoms. The molecular formula is C37H52N4O10. The Balaban J connectivity index is 2.42. The van der Waals surface area contributed by atoms with E-state index in [-0.39, 0.29) is 23.5 Å². The number of alkyl carbamates (subject to hydrolysis) is 1. The number of methoxy groups -OCH3 is 1. The van der Waals surface area contributed by atoms with Gasteiger partial charge in [0.2, 0.25) is 12.7 Å². The van der Waals surface area contributed by atoms with Crippen LogP contribution < -0.4 is 15.4 Å². The minimum atomic E-state index is -1.30. The maximum Gasteiger partial charge on any atom is 0.439 e. The molecule has 0 heterocycles. The van der Waals surface area contributed by atoms with Gasteiger partial charge in [-0.15, -0.1) is 5.01 Å². The third-order valence-electron chi connectivity index (χ3n) is 7.25. The Morgan fingerprint density at radius 1 is 0.843 bits per heavy atom. The van der Waals surface area contributed by atoms with Crippen LogP contribution in [0.15, 0.2) is 36.4 Å². The van der Waals surface area contributed by atoms with Gasteiger partial charge >= 0.3 is 18.2 Å². The van der Waals surface area contributed by atoms with Gasteiger partial charge in [0.15, 0.2) is 0 Å². The number of rotatable bonds is 12. The molecule has 0 bridgehead atoms. The summed E-state index contributed by atoms with van der Waals surface area (Å²) >= 11 is 0. The molecule has 2 N–H and O–H groups in total. The standard InChI is InChI=1S/C37H52N4O10/c1-23-19-24(2)21-27(20-23)31(43)41(36(5,6)7)40(32(44)28-15-14-17-30(48-11)25(28)3)35(47)50-22-49-33(45)29(16-12-13-18-38-26(4)42)39-34(46)51-37(8,9)10/h14-15,17,19-21,29H,12-13,16,18,22H2,1-11H3,(H,38,42)(H,39,46). The summed E-state index contributed by atoms with van der Waals surface area (Å²) in [6.45, 7) is 16.0. The van der Waals surface area contributed by atoms with Gasteiger partial charge in [0.1, 0.15) is 17.4 Å². The van der Waals surface area contributed by atoms with E-state index in [4.69, 9.17) is 18.9 Å². The summed E-state index contributed by atoms with van der Waals surface area (Å²) in [5, 5.41) is 6.74. The van der Waals surface area contributed by atoms with Crippen LogP contribution in [-0.2, 0) is 23.8 Å². The number of carbonyl (C=O) groups is 6. The third kappa shape index (κ3) is 12.9. The molecule has 0 saturated heterocycles. The number of carbonyl (C=O) groups excluding carboxylic acids is 6. The van der Waals surface area contributed by atoms with Gasteiger partial charge in [0.25, 0.3) is 11.8 Å². The summed E-state index contributed by atoms with van der Waals surface area (Å²) in [4.78, 5) is 79.3. The number of benzene rings is 2. The zero-order valence-corrected chi connectivity index (χ0v) is 31.6. The molecule has 280 valence electrons. The predicted octanol–water partition coefficient (Wildman–Crippen LogP) is 5.76. The van der Waals surface area contributed by atoms with Crippen molar-refractivity contribution in [2.45, 2.75) is 106 Å².